The Morgan fingerprint density at radius 2 is 2.00 bits per heavy atom. The van der Waals surface area contributed by atoms with E-state index in [2.05, 4.69) is 5.43 Å². The fraction of sp³-hybridized carbons (Fsp3) is 0.154. The van der Waals surface area contributed by atoms with Gasteiger partial charge in [0.1, 0.15) is 0 Å². The molecule has 1 heterocycles. The summed E-state index contributed by atoms with van der Waals surface area (Å²) in [7, 11) is 0. The van der Waals surface area contributed by atoms with Crippen LogP contribution in [0, 0.1) is 5.41 Å². The predicted octanol–water partition coefficient (Wildman–Crippen LogP) is 1.75. The molecule has 0 atom stereocenters. The lowest BCUT2D eigenvalue weighted by atomic mass is 10.2. The number of nitrogens with zero attached hydrogens (tertiary/aromatic N) is 1. The highest BCUT2D eigenvalue weighted by Crippen LogP contribution is 2.15. The molecule has 7 nitrogen and oxygen atoms in total. The van der Waals surface area contributed by atoms with Crippen LogP contribution in [0.15, 0.2) is 30.3 Å². The van der Waals surface area contributed by atoms with Gasteiger partial charge in [-0.3, -0.25) is 15.6 Å². The molecule has 0 radical (unpaired) electrons. The maximum absolute atomic E-state index is 12.0. The van der Waals surface area contributed by atoms with Gasteiger partial charge in [0.15, 0.2) is 10.7 Å². The lowest BCUT2D eigenvalue weighted by molar-refractivity contribution is 0.0532. The van der Waals surface area contributed by atoms with E-state index in [1.165, 1.54) is 0 Å². The number of aromatic nitrogens is 1. The molecular formula is C13H15BrN4O3S. The van der Waals surface area contributed by atoms with Crippen LogP contribution < -0.4 is 16.0 Å². The van der Waals surface area contributed by atoms with Crippen LogP contribution in [0.2, 0.25) is 0 Å². The summed E-state index contributed by atoms with van der Waals surface area (Å²) in [4.78, 5) is 23.7. The predicted molar refractivity (Wildman–Crippen MR) is 89.0 cm³/mol. The largest absolute Gasteiger partial charge is 0.462 e. The maximum atomic E-state index is 12.0. The highest BCUT2D eigenvalue weighted by Gasteiger charge is 2.19. The Morgan fingerprint density at radius 1 is 1.36 bits per heavy atom. The van der Waals surface area contributed by atoms with Crippen molar-refractivity contribution >= 4 is 46.0 Å². The number of hydrogen-bond acceptors (Lipinski definition) is 6. The molecule has 118 valence electrons. The number of nitrogens with two attached hydrogens (primary N) is 1. The molecule has 2 rings (SSSR count). The van der Waals surface area contributed by atoms with Crippen molar-refractivity contribution in [3.05, 3.63) is 45.6 Å². The van der Waals surface area contributed by atoms with E-state index >= 15 is 0 Å². The monoisotopic (exact) mass is 386 g/mol. The summed E-state index contributed by atoms with van der Waals surface area (Å²) in [6.07, 6.45) is 0. The van der Waals surface area contributed by atoms with Gasteiger partial charge in [0.2, 0.25) is 4.80 Å². The van der Waals surface area contributed by atoms with E-state index in [1.807, 2.05) is 0 Å². The van der Waals surface area contributed by atoms with Gasteiger partial charge in [-0.1, -0.05) is 29.5 Å². The minimum absolute atomic E-state index is 0. The van der Waals surface area contributed by atoms with Gasteiger partial charge < -0.3 is 10.5 Å². The molecule has 9 heteroatoms. The van der Waals surface area contributed by atoms with Gasteiger partial charge in [-0.25, -0.2) is 9.47 Å². The van der Waals surface area contributed by atoms with Crippen LogP contribution in [0.3, 0.4) is 0 Å². The molecule has 0 unspecified atom stereocenters. The van der Waals surface area contributed by atoms with Crippen LogP contribution in [0.1, 0.15) is 27.0 Å². The molecule has 0 aliphatic rings. The van der Waals surface area contributed by atoms with Crippen molar-refractivity contribution in [3.63, 3.8) is 0 Å². The van der Waals surface area contributed by atoms with Gasteiger partial charge in [-0.15, -0.1) is 17.0 Å². The first-order chi connectivity index (χ1) is 10.0. The number of halogens is 1. The topological polar surface area (TPSA) is 110 Å². The molecule has 1 amide bonds. The smallest absolute Gasteiger partial charge is 0.352 e. The van der Waals surface area contributed by atoms with E-state index in [0.29, 0.717) is 5.56 Å². The summed E-state index contributed by atoms with van der Waals surface area (Å²) in [6.45, 7) is 1.88. The van der Waals surface area contributed by atoms with Gasteiger partial charge in [0.25, 0.3) is 5.91 Å². The summed E-state index contributed by atoms with van der Waals surface area (Å²) in [5, 5.41) is 7.79. The van der Waals surface area contributed by atoms with Crippen molar-refractivity contribution in [1.29, 1.82) is 5.41 Å². The zero-order valence-corrected chi connectivity index (χ0v) is 14.2. The summed E-state index contributed by atoms with van der Waals surface area (Å²) in [5.74, 6) is -1.05. The van der Waals surface area contributed by atoms with Gasteiger partial charge >= 0.3 is 5.97 Å². The number of esters is 1. The number of ether oxygens (including phenoxy) is 1. The molecule has 0 saturated heterocycles. The lowest BCUT2D eigenvalue weighted by Gasteiger charge is -2.08. The highest BCUT2D eigenvalue weighted by atomic mass is 79.9. The van der Waals surface area contributed by atoms with Crippen LogP contribution in [0.5, 0.6) is 0 Å². The number of benzene rings is 1. The van der Waals surface area contributed by atoms with E-state index < -0.39 is 11.9 Å². The number of nitrogens with one attached hydrogen (secondary N) is 2. The summed E-state index contributed by atoms with van der Waals surface area (Å²) >= 11 is 0.842. The molecule has 1 aromatic heterocycles. The Labute approximate surface area is 141 Å². The molecule has 0 spiro atoms. The Morgan fingerprint density at radius 3 is 2.59 bits per heavy atom. The minimum Gasteiger partial charge on any atom is -0.462 e. The number of nitrogen functional groups attached to an aromatic ring is 1. The summed E-state index contributed by atoms with van der Waals surface area (Å²) in [6, 6.07) is 8.50. The molecule has 0 saturated carbocycles. The zero-order chi connectivity index (χ0) is 15.4. The fourth-order valence-corrected chi connectivity index (χ4v) is 2.38. The Hall–Kier alpha value is -2.13. The van der Waals surface area contributed by atoms with Gasteiger partial charge in [-0.2, -0.15) is 0 Å². The standard InChI is InChI=1S/C13H14N4O3S.BrH/c1-2-20-12(19)9-10(14)17(13(15)21-9)16-11(18)8-6-4-3-5-7-8;/h3-7,15H,2,14H2,1H3,(H,16,18);1H. The third-order valence-electron chi connectivity index (χ3n) is 2.59. The summed E-state index contributed by atoms with van der Waals surface area (Å²) < 4.78 is 5.91. The molecule has 0 aliphatic heterocycles. The quantitative estimate of drug-likeness (QED) is 0.695. The van der Waals surface area contributed by atoms with Gasteiger partial charge in [-0.05, 0) is 19.1 Å². The first-order valence-electron chi connectivity index (χ1n) is 6.14. The third kappa shape index (κ3) is 3.74. The van der Waals surface area contributed by atoms with Crippen LogP contribution in [0.4, 0.5) is 5.82 Å². The average Bonchev–Trinajstić information content (AvgIpc) is 2.76. The number of anilines is 1. The van der Waals surface area contributed by atoms with E-state index in [0.717, 1.165) is 16.0 Å². The van der Waals surface area contributed by atoms with Crippen molar-refractivity contribution < 1.29 is 14.3 Å². The number of amides is 1. The minimum atomic E-state index is -0.610. The third-order valence-corrected chi connectivity index (χ3v) is 3.54. The number of thiazole rings is 1. The molecule has 4 N–H and O–H groups in total. The Balaban J connectivity index is 0.00000242. The van der Waals surface area contributed by atoms with E-state index in [1.54, 1.807) is 37.3 Å². The van der Waals surface area contributed by atoms with Crippen LogP contribution in [-0.4, -0.2) is 23.2 Å². The maximum Gasteiger partial charge on any atom is 0.352 e. The number of carbonyl (C=O) groups excluding carboxylic acids is 2. The number of rotatable bonds is 4. The lowest BCUT2D eigenvalue weighted by Crippen LogP contribution is -2.31. The molecule has 0 fully saturated rings. The fourth-order valence-electron chi connectivity index (χ4n) is 1.62. The van der Waals surface area contributed by atoms with E-state index in [9.17, 15) is 9.59 Å². The second-order valence-electron chi connectivity index (χ2n) is 3.98. The first kappa shape index (κ1) is 17.9. The van der Waals surface area contributed by atoms with Crippen molar-refractivity contribution in [1.82, 2.24) is 4.68 Å². The second-order valence-corrected chi connectivity index (χ2v) is 4.98. The molecule has 1 aromatic carbocycles. The van der Waals surface area contributed by atoms with Crippen LogP contribution in [0.25, 0.3) is 0 Å². The second kappa shape index (κ2) is 7.76. The van der Waals surface area contributed by atoms with Crippen molar-refractivity contribution in [2.75, 3.05) is 17.8 Å². The molecule has 22 heavy (non-hydrogen) atoms. The van der Waals surface area contributed by atoms with Crippen molar-refractivity contribution in [2.24, 2.45) is 0 Å². The van der Waals surface area contributed by atoms with Gasteiger partial charge in [0.05, 0.1) is 6.61 Å². The van der Waals surface area contributed by atoms with Crippen LogP contribution >= 0.6 is 28.3 Å². The van der Waals surface area contributed by atoms with E-state index in [-0.39, 0.29) is 39.1 Å². The normalized spacial score (nSPS) is 9.68. The van der Waals surface area contributed by atoms with Crippen molar-refractivity contribution in [2.45, 2.75) is 6.92 Å². The molecule has 0 aliphatic carbocycles. The Bertz CT molecular complexity index is 727. The Kier molecular flexibility index (Phi) is 6.32. The zero-order valence-electron chi connectivity index (χ0n) is 11.7. The molecular weight excluding hydrogens is 372 g/mol. The first-order valence-corrected chi connectivity index (χ1v) is 6.95. The molecule has 0 bridgehead atoms. The van der Waals surface area contributed by atoms with Gasteiger partial charge in [0, 0.05) is 5.56 Å². The molecule has 2 aromatic rings. The highest BCUT2D eigenvalue weighted by molar-refractivity contribution is 8.93. The van der Waals surface area contributed by atoms with Crippen molar-refractivity contribution in [3.8, 4) is 0 Å². The number of hydrogen-bond donors (Lipinski definition) is 3. The number of carbonyl (C=O) groups is 2. The SMILES string of the molecule is Br.CCOC(=O)c1sc(=N)n(NC(=O)c2ccccc2)c1N. The van der Waals surface area contributed by atoms with Crippen LogP contribution in [-0.2, 0) is 4.74 Å². The van der Waals surface area contributed by atoms with E-state index in [4.69, 9.17) is 15.9 Å². The summed E-state index contributed by atoms with van der Waals surface area (Å²) in [5.41, 5.74) is 8.70. The average molecular weight is 387 g/mol.